The summed E-state index contributed by atoms with van der Waals surface area (Å²) in [6.45, 7) is -0.398. The predicted molar refractivity (Wildman–Crippen MR) is 58.6 cm³/mol. The van der Waals surface area contributed by atoms with E-state index in [1.54, 1.807) is 12.1 Å². The number of carbonyl (C=O) groups excluding carboxylic acids is 2. The van der Waals surface area contributed by atoms with Crippen molar-refractivity contribution in [2.24, 2.45) is 0 Å². The molecule has 0 aromatic heterocycles. The van der Waals surface area contributed by atoms with E-state index in [0.717, 1.165) is 4.90 Å². The zero-order chi connectivity index (χ0) is 13.3. The van der Waals surface area contributed by atoms with E-state index in [1.165, 1.54) is 12.1 Å². The van der Waals surface area contributed by atoms with E-state index in [4.69, 9.17) is 5.11 Å². The van der Waals surface area contributed by atoms with Crippen LogP contribution >= 0.6 is 0 Å². The molecule has 1 aromatic carbocycles. The number of halogens is 1. The average Bonchev–Trinajstić information content (AvgIpc) is 2.60. The van der Waals surface area contributed by atoms with Gasteiger partial charge in [0.1, 0.15) is 0 Å². The van der Waals surface area contributed by atoms with Gasteiger partial charge in [0.15, 0.2) is 0 Å². The molecular weight excluding hydrogens is 241 g/mol. The molecule has 0 unspecified atom stereocenters. The minimum absolute atomic E-state index is 0.242. The molecular formula is C12H8FNO4. The van der Waals surface area contributed by atoms with E-state index < -0.39 is 30.2 Å². The van der Waals surface area contributed by atoms with Crippen molar-refractivity contribution in [2.75, 3.05) is 6.54 Å². The van der Waals surface area contributed by atoms with Gasteiger partial charge in [0, 0.05) is 0 Å². The standard InChI is InChI=1S/C12H8FNO4/c13-9(12(17)18)5-6-14-10(15)7-3-1-2-4-8(7)11(14)16/h1-5H,6H2,(H,17,18)/b9-5-. The molecule has 2 rings (SSSR count). The predicted octanol–water partition coefficient (Wildman–Crippen LogP) is 1.22. The van der Waals surface area contributed by atoms with Crippen LogP contribution in [0.2, 0.25) is 0 Å². The van der Waals surface area contributed by atoms with Crippen LogP contribution in [0.25, 0.3) is 0 Å². The maximum Gasteiger partial charge on any atom is 0.364 e. The van der Waals surface area contributed by atoms with Gasteiger partial charge in [-0.05, 0) is 18.2 Å². The second kappa shape index (κ2) is 4.40. The molecule has 0 radical (unpaired) electrons. The fourth-order valence-electron chi connectivity index (χ4n) is 1.66. The first-order chi connectivity index (χ1) is 8.52. The second-order valence-electron chi connectivity index (χ2n) is 3.62. The summed E-state index contributed by atoms with van der Waals surface area (Å²) in [7, 11) is 0. The Balaban J connectivity index is 2.24. The Bertz CT molecular complexity index is 544. The molecule has 6 heteroatoms. The Kier molecular flexibility index (Phi) is 2.93. The van der Waals surface area contributed by atoms with Crippen molar-refractivity contribution in [1.29, 1.82) is 0 Å². The van der Waals surface area contributed by atoms with Gasteiger partial charge < -0.3 is 5.11 Å². The molecule has 0 saturated heterocycles. The fourth-order valence-corrected chi connectivity index (χ4v) is 1.66. The number of carboxylic acid groups (broad SMARTS) is 1. The third-order valence-electron chi connectivity index (χ3n) is 2.54. The van der Waals surface area contributed by atoms with Crippen LogP contribution in [-0.2, 0) is 4.79 Å². The number of fused-ring (bicyclic) bond motifs is 1. The van der Waals surface area contributed by atoms with Crippen molar-refractivity contribution < 1.29 is 23.9 Å². The molecule has 0 spiro atoms. The number of nitrogens with zero attached hydrogens (tertiary/aromatic N) is 1. The van der Waals surface area contributed by atoms with Crippen LogP contribution < -0.4 is 0 Å². The summed E-state index contributed by atoms with van der Waals surface area (Å²) in [5.74, 6) is -4.23. The lowest BCUT2D eigenvalue weighted by atomic mass is 10.1. The van der Waals surface area contributed by atoms with E-state index in [2.05, 4.69) is 0 Å². The SMILES string of the molecule is O=C(O)/C(F)=C/CN1C(=O)c2ccccc2C1=O. The minimum atomic E-state index is -1.73. The van der Waals surface area contributed by atoms with Crippen LogP contribution in [0.4, 0.5) is 4.39 Å². The summed E-state index contributed by atoms with van der Waals surface area (Å²) in [6, 6.07) is 6.21. The number of rotatable bonds is 3. The molecule has 0 fully saturated rings. The van der Waals surface area contributed by atoms with Crippen molar-refractivity contribution in [3.63, 3.8) is 0 Å². The quantitative estimate of drug-likeness (QED) is 0.645. The number of amides is 2. The van der Waals surface area contributed by atoms with Crippen LogP contribution in [0.3, 0.4) is 0 Å². The van der Waals surface area contributed by atoms with Gasteiger partial charge in [-0.25, -0.2) is 4.79 Å². The molecule has 18 heavy (non-hydrogen) atoms. The van der Waals surface area contributed by atoms with Crippen LogP contribution in [-0.4, -0.2) is 34.3 Å². The summed E-state index contributed by atoms with van der Waals surface area (Å²) >= 11 is 0. The number of benzene rings is 1. The normalized spacial score (nSPS) is 14.9. The van der Waals surface area contributed by atoms with Crippen molar-refractivity contribution in [2.45, 2.75) is 0 Å². The van der Waals surface area contributed by atoms with Gasteiger partial charge in [0.25, 0.3) is 11.8 Å². The van der Waals surface area contributed by atoms with E-state index in [-0.39, 0.29) is 11.1 Å². The smallest absolute Gasteiger partial charge is 0.364 e. The lowest BCUT2D eigenvalue weighted by Gasteiger charge is -2.10. The third-order valence-corrected chi connectivity index (χ3v) is 2.54. The highest BCUT2D eigenvalue weighted by Crippen LogP contribution is 2.22. The fraction of sp³-hybridized carbons (Fsp3) is 0.0833. The lowest BCUT2D eigenvalue weighted by molar-refractivity contribution is -0.134. The maximum absolute atomic E-state index is 12.8. The molecule has 1 heterocycles. The van der Waals surface area contributed by atoms with E-state index >= 15 is 0 Å². The molecule has 0 saturated carbocycles. The van der Waals surface area contributed by atoms with Gasteiger partial charge in [-0.15, -0.1) is 0 Å². The van der Waals surface area contributed by atoms with Crippen LogP contribution in [0.1, 0.15) is 20.7 Å². The van der Waals surface area contributed by atoms with Crippen LogP contribution in [0.15, 0.2) is 36.2 Å². The van der Waals surface area contributed by atoms with E-state index in [0.29, 0.717) is 6.08 Å². The molecule has 5 nitrogen and oxygen atoms in total. The number of imide groups is 1. The summed E-state index contributed by atoms with van der Waals surface area (Å²) in [6.07, 6.45) is 0.685. The highest BCUT2D eigenvalue weighted by atomic mass is 19.1. The number of aliphatic carboxylic acids is 1. The molecule has 1 aliphatic rings. The first-order valence-electron chi connectivity index (χ1n) is 5.06. The zero-order valence-electron chi connectivity index (χ0n) is 9.09. The zero-order valence-corrected chi connectivity index (χ0v) is 9.09. The summed E-state index contributed by atoms with van der Waals surface area (Å²) in [5.41, 5.74) is 0.485. The monoisotopic (exact) mass is 249 g/mol. The summed E-state index contributed by atoms with van der Waals surface area (Å²) in [4.78, 5) is 34.6. The molecule has 1 N–H and O–H groups in total. The molecule has 0 atom stereocenters. The largest absolute Gasteiger partial charge is 0.476 e. The number of hydrogen-bond acceptors (Lipinski definition) is 3. The Hall–Kier alpha value is -2.50. The first-order valence-corrected chi connectivity index (χ1v) is 5.06. The number of hydrogen-bond donors (Lipinski definition) is 1. The lowest BCUT2D eigenvalue weighted by Crippen LogP contribution is -2.30. The Labute approximate surface area is 101 Å². The summed E-state index contributed by atoms with van der Waals surface area (Å²) < 4.78 is 12.8. The Morgan fingerprint density at radius 1 is 1.22 bits per heavy atom. The van der Waals surface area contributed by atoms with Crippen molar-refractivity contribution in [3.05, 3.63) is 47.3 Å². The molecule has 1 aromatic rings. The highest BCUT2D eigenvalue weighted by Gasteiger charge is 2.34. The molecule has 0 aliphatic carbocycles. The topological polar surface area (TPSA) is 74.7 Å². The van der Waals surface area contributed by atoms with E-state index in [1.807, 2.05) is 0 Å². The van der Waals surface area contributed by atoms with Gasteiger partial charge in [0.05, 0.1) is 17.7 Å². The minimum Gasteiger partial charge on any atom is -0.476 e. The van der Waals surface area contributed by atoms with Crippen molar-refractivity contribution in [1.82, 2.24) is 4.90 Å². The number of carbonyl (C=O) groups is 3. The average molecular weight is 249 g/mol. The van der Waals surface area contributed by atoms with Crippen LogP contribution in [0.5, 0.6) is 0 Å². The first kappa shape index (κ1) is 12.0. The molecule has 2 amide bonds. The number of carboxylic acids is 1. The molecule has 0 bridgehead atoms. The molecule has 92 valence electrons. The van der Waals surface area contributed by atoms with Crippen molar-refractivity contribution in [3.8, 4) is 0 Å². The Morgan fingerprint density at radius 3 is 2.17 bits per heavy atom. The Morgan fingerprint density at radius 2 is 1.72 bits per heavy atom. The van der Waals surface area contributed by atoms with E-state index in [9.17, 15) is 18.8 Å². The van der Waals surface area contributed by atoms with Gasteiger partial charge >= 0.3 is 5.97 Å². The third kappa shape index (κ3) is 1.88. The molecule has 1 aliphatic heterocycles. The van der Waals surface area contributed by atoms with Crippen LogP contribution in [0, 0.1) is 0 Å². The maximum atomic E-state index is 12.8. The van der Waals surface area contributed by atoms with Crippen molar-refractivity contribution >= 4 is 17.8 Å². The highest BCUT2D eigenvalue weighted by molar-refractivity contribution is 6.21. The van der Waals surface area contributed by atoms with Gasteiger partial charge in [-0.1, -0.05) is 12.1 Å². The van der Waals surface area contributed by atoms with Gasteiger partial charge in [0.2, 0.25) is 5.83 Å². The second-order valence-corrected chi connectivity index (χ2v) is 3.62. The summed E-state index contributed by atoms with van der Waals surface area (Å²) in [5, 5.41) is 8.33. The van der Waals surface area contributed by atoms with Gasteiger partial charge in [-0.2, -0.15) is 4.39 Å². The van der Waals surface area contributed by atoms with Gasteiger partial charge in [-0.3, -0.25) is 14.5 Å².